The summed E-state index contributed by atoms with van der Waals surface area (Å²) in [5.41, 5.74) is 0.401. The molecule has 2 aromatic rings. The molecule has 0 heterocycles. The molecule has 0 radical (unpaired) electrons. The van der Waals surface area contributed by atoms with Crippen molar-refractivity contribution in [3.05, 3.63) is 70.2 Å². The zero-order valence-electron chi connectivity index (χ0n) is 13.6. The predicted octanol–water partition coefficient (Wildman–Crippen LogP) is 5.12. The van der Waals surface area contributed by atoms with Crippen LogP contribution in [0.3, 0.4) is 0 Å². The van der Waals surface area contributed by atoms with Gasteiger partial charge in [-0.25, -0.2) is 0 Å². The van der Waals surface area contributed by atoms with Crippen molar-refractivity contribution in [3.8, 4) is 0 Å². The first-order valence-corrected chi connectivity index (χ1v) is 8.30. The molecule has 0 N–H and O–H groups in total. The van der Waals surface area contributed by atoms with E-state index in [1.165, 1.54) is 17.0 Å². The van der Waals surface area contributed by atoms with Crippen LogP contribution in [0.5, 0.6) is 0 Å². The molecule has 1 fully saturated rings. The predicted molar refractivity (Wildman–Crippen MR) is 90.2 cm³/mol. The third kappa shape index (κ3) is 3.98. The quantitative estimate of drug-likeness (QED) is 0.734. The van der Waals surface area contributed by atoms with Gasteiger partial charge in [0, 0.05) is 24.5 Å². The minimum Gasteiger partial charge on any atom is -0.341 e. The molecule has 0 aromatic heterocycles. The van der Waals surface area contributed by atoms with Crippen molar-refractivity contribution in [2.45, 2.75) is 25.1 Å². The van der Waals surface area contributed by atoms with Gasteiger partial charge in [0.2, 0.25) is 5.91 Å². The summed E-state index contributed by atoms with van der Waals surface area (Å²) in [5.74, 6) is -0.241. The van der Waals surface area contributed by atoms with Crippen LogP contribution in [0.1, 0.15) is 29.0 Å². The van der Waals surface area contributed by atoms with Crippen molar-refractivity contribution in [1.82, 2.24) is 4.90 Å². The topological polar surface area (TPSA) is 20.3 Å². The first kappa shape index (κ1) is 17.8. The number of carbonyl (C=O) groups excluding carboxylic acids is 1. The standard InChI is InChI=1S/C19H17ClF3NO/c1-24(11-13-5-2-3-8-17(13)19(21,22)23)18(25)16-10-15(16)12-6-4-7-14(20)9-12/h2-9,15-16H,10-11H2,1H3. The van der Waals surface area contributed by atoms with Gasteiger partial charge in [-0.15, -0.1) is 0 Å². The molecular weight excluding hydrogens is 351 g/mol. The Labute approximate surface area is 149 Å². The van der Waals surface area contributed by atoms with Gasteiger partial charge in [0.1, 0.15) is 0 Å². The fourth-order valence-electron chi connectivity index (χ4n) is 3.12. The van der Waals surface area contributed by atoms with Crippen LogP contribution in [0.2, 0.25) is 5.02 Å². The molecule has 25 heavy (non-hydrogen) atoms. The average molecular weight is 368 g/mol. The highest BCUT2D eigenvalue weighted by Crippen LogP contribution is 2.49. The average Bonchev–Trinajstić information content (AvgIpc) is 3.34. The molecule has 1 saturated carbocycles. The summed E-state index contributed by atoms with van der Waals surface area (Å²) >= 11 is 5.97. The lowest BCUT2D eigenvalue weighted by atomic mass is 10.1. The smallest absolute Gasteiger partial charge is 0.341 e. The zero-order chi connectivity index (χ0) is 18.2. The lowest BCUT2D eigenvalue weighted by molar-refractivity contribution is -0.139. The molecule has 6 heteroatoms. The van der Waals surface area contributed by atoms with Gasteiger partial charge in [-0.2, -0.15) is 13.2 Å². The van der Waals surface area contributed by atoms with Gasteiger partial charge in [-0.05, 0) is 41.7 Å². The number of hydrogen-bond donors (Lipinski definition) is 0. The maximum absolute atomic E-state index is 13.1. The van der Waals surface area contributed by atoms with E-state index in [0.717, 1.165) is 11.6 Å². The van der Waals surface area contributed by atoms with E-state index in [4.69, 9.17) is 11.6 Å². The SMILES string of the molecule is CN(Cc1ccccc1C(F)(F)F)C(=O)C1CC1c1cccc(Cl)c1. The monoisotopic (exact) mass is 367 g/mol. The van der Waals surface area contributed by atoms with E-state index in [1.54, 1.807) is 19.2 Å². The van der Waals surface area contributed by atoms with E-state index >= 15 is 0 Å². The highest BCUT2D eigenvalue weighted by molar-refractivity contribution is 6.30. The number of halogens is 4. The second kappa shape index (κ2) is 6.71. The second-order valence-electron chi connectivity index (χ2n) is 6.35. The Morgan fingerprint density at radius 2 is 1.92 bits per heavy atom. The maximum Gasteiger partial charge on any atom is 0.416 e. The van der Waals surface area contributed by atoms with E-state index in [1.807, 2.05) is 18.2 Å². The molecule has 1 amide bonds. The number of carbonyl (C=O) groups is 1. The first-order chi connectivity index (χ1) is 11.8. The molecule has 1 aliphatic carbocycles. The summed E-state index contributed by atoms with van der Waals surface area (Å²) in [4.78, 5) is 13.9. The van der Waals surface area contributed by atoms with E-state index in [-0.39, 0.29) is 29.9 Å². The van der Waals surface area contributed by atoms with Gasteiger partial charge < -0.3 is 4.90 Å². The molecule has 0 bridgehead atoms. The molecule has 2 nitrogen and oxygen atoms in total. The Morgan fingerprint density at radius 3 is 2.60 bits per heavy atom. The van der Waals surface area contributed by atoms with Crippen LogP contribution < -0.4 is 0 Å². The molecule has 3 rings (SSSR count). The van der Waals surface area contributed by atoms with Gasteiger partial charge in [0.25, 0.3) is 0 Å². The molecule has 2 atom stereocenters. The molecule has 0 aliphatic heterocycles. The van der Waals surface area contributed by atoms with Crippen molar-refractivity contribution in [2.24, 2.45) is 5.92 Å². The zero-order valence-corrected chi connectivity index (χ0v) is 14.3. The van der Waals surface area contributed by atoms with Crippen molar-refractivity contribution in [1.29, 1.82) is 0 Å². The lowest BCUT2D eigenvalue weighted by Crippen LogP contribution is -2.29. The Balaban J connectivity index is 1.69. The van der Waals surface area contributed by atoms with Gasteiger partial charge in [-0.1, -0.05) is 41.9 Å². The van der Waals surface area contributed by atoms with Crippen LogP contribution in [-0.2, 0) is 17.5 Å². The summed E-state index contributed by atoms with van der Waals surface area (Å²) in [5, 5.41) is 0.614. The Kier molecular flexibility index (Phi) is 4.78. The molecule has 2 unspecified atom stereocenters. The van der Waals surface area contributed by atoms with Crippen LogP contribution in [0.15, 0.2) is 48.5 Å². The van der Waals surface area contributed by atoms with Crippen molar-refractivity contribution >= 4 is 17.5 Å². The highest BCUT2D eigenvalue weighted by Gasteiger charge is 2.45. The largest absolute Gasteiger partial charge is 0.416 e. The number of hydrogen-bond acceptors (Lipinski definition) is 1. The fourth-order valence-corrected chi connectivity index (χ4v) is 3.32. The van der Waals surface area contributed by atoms with E-state index in [2.05, 4.69) is 0 Å². The molecule has 2 aromatic carbocycles. The first-order valence-electron chi connectivity index (χ1n) is 7.93. The third-order valence-electron chi connectivity index (χ3n) is 4.49. The summed E-state index contributed by atoms with van der Waals surface area (Å²) in [6.45, 7) is -0.0622. The van der Waals surface area contributed by atoms with E-state index < -0.39 is 11.7 Å². The minimum absolute atomic E-state index is 0.0622. The van der Waals surface area contributed by atoms with E-state index in [0.29, 0.717) is 11.4 Å². The van der Waals surface area contributed by atoms with Gasteiger partial charge >= 0.3 is 6.18 Å². The summed E-state index contributed by atoms with van der Waals surface area (Å²) in [6.07, 6.45) is -3.73. The summed E-state index contributed by atoms with van der Waals surface area (Å²) < 4.78 is 39.2. The normalized spacial score (nSPS) is 19.6. The third-order valence-corrected chi connectivity index (χ3v) is 4.73. The van der Waals surface area contributed by atoms with Crippen molar-refractivity contribution in [3.63, 3.8) is 0 Å². The summed E-state index contributed by atoms with van der Waals surface area (Å²) in [7, 11) is 1.54. The van der Waals surface area contributed by atoms with Gasteiger partial charge in [-0.3, -0.25) is 4.79 Å². The molecule has 0 spiro atoms. The molecule has 132 valence electrons. The van der Waals surface area contributed by atoms with Gasteiger partial charge in [0.15, 0.2) is 0 Å². The summed E-state index contributed by atoms with van der Waals surface area (Å²) in [6, 6.07) is 12.7. The number of benzene rings is 2. The van der Waals surface area contributed by atoms with Crippen molar-refractivity contribution in [2.75, 3.05) is 7.05 Å². The number of amides is 1. The number of rotatable bonds is 4. The molecular formula is C19H17ClF3NO. The van der Waals surface area contributed by atoms with Crippen LogP contribution in [0, 0.1) is 5.92 Å². The second-order valence-corrected chi connectivity index (χ2v) is 6.79. The Bertz CT molecular complexity index is 790. The number of nitrogens with zero attached hydrogens (tertiary/aromatic N) is 1. The van der Waals surface area contributed by atoms with E-state index in [9.17, 15) is 18.0 Å². The Morgan fingerprint density at radius 1 is 1.20 bits per heavy atom. The lowest BCUT2D eigenvalue weighted by Gasteiger charge is -2.20. The molecule has 0 saturated heterocycles. The van der Waals surface area contributed by atoms with Crippen LogP contribution in [0.4, 0.5) is 13.2 Å². The molecule has 1 aliphatic rings. The van der Waals surface area contributed by atoms with Crippen LogP contribution >= 0.6 is 11.6 Å². The Hall–Kier alpha value is -2.01. The van der Waals surface area contributed by atoms with Crippen LogP contribution in [-0.4, -0.2) is 17.9 Å². The minimum atomic E-state index is -4.43. The number of alkyl halides is 3. The van der Waals surface area contributed by atoms with Crippen LogP contribution in [0.25, 0.3) is 0 Å². The maximum atomic E-state index is 13.1. The fraction of sp³-hybridized carbons (Fsp3) is 0.316. The van der Waals surface area contributed by atoms with Crippen molar-refractivity contribution < 1.29 is 18.0 Å². The van der Waals surface area contributed by atoms with Gasteiger partial charge in [0.05, 0.1) is 5.56 Å². The highest BCUT2D eigenvalue weighted by atomic mass is 35.5.